The Labute approximate surface area is 170 Å². The Morgan fingerprint density at radius 1 is 1.24 bits per heavy atom. The van der Waals surface area contributed by atoms with Crippen LogP contribution in [0.4, 0.5) is 11.6 Å². The minimum atomic E-state index is -0.686. The molecular weight excluding hydrogens is 400 g/mol. The Bertz CT molecular complexity index is 983. The van der Waals surface area contributed by atoms with Crippen LogP contribution in [0.1, 0.15) is 33.9 Å². The number of furan rings is 1. The number of likely N-dealkylation sites (tertiary alicyclic amines) is 1. The van der Waals surface area contributed by atoms with Crippen molar-refractivity contribution < 1.29 is 14.0 Å². The molecule has 2 fully saturated rings. The lowest BCUT2D eigenvalue weighted by Gasteiger charge is -2.38. The van der Waals surface area contributed by atoms with E-state index < -0.39 is 5.91 Å². The minimum Gasteiger partial charge on any atom is -0.459 e. The van der Waals surface area contributed by atoms with Crippen molar-refractivity contribution in [3.05, 3.63) is 35.0 Å². The molecule has 0 saturated carbocycles. The summed E-state index contributed by atoms with van der Waals surface area (Å²) in [5.41, 5.74) is 10.8. The number of amides is 2. The largest absolute Gasteiger partial charge is 0.459 e. The molecule has 2 aromatic rings. The van der Waals surface area contributed by atoms with E-state index in [0.29, 0.717) is 44.2 Å². The van der Waals surface area contributed by atoms with E-state index in [1.54, 1.807) is 17.0 Å². The van der Waals surface area contributed by atoms with Crippen LogP contribution in [0.25, 0.3) is 0 Å². The highest BCUT2D eigenvalue weighted by Crippen LogP contribution is 2.26. The van der Waals surface area contributed by atoms with E-state index in [4.69, 9.17) is 27.5 Å². The molecule has 0 bridgehead atoms. The molecule has 11 nitrogen and oxygen atoms in total. The van der Waals surface area contributed by atoms with Crippen molar-refractivity contribution in [3.63, 3.8) is 0 Å². The van der Waals surface area contributed by atoms with Crippen molar-refractivity contribution in [3.8, 4) is 0 Å². The van der Waals surface area contributed by atoms with Gasteiger partial charge in [-0.05, 0) is 25.0 Å². The number of piperidine rings is 1. The number of nitrogens with one attached hydrogen (secondary N) is 2. The molecule has 0 atom stereocenters. The number of nitrogens with zero attached hydrogens (tertiary/aromatic N) is 4. The first-order chi connectivity index (χ1) is 13.9. The number of halogens is 1. The van der Waals surface area contributed by atoms with Crippen LogP contribution in [0, 0.1) is 0 Å². The van der Waals surface area contributed by atoms with Gasteiger partial charge in [0.05, 0.1) is 11.8 Å². The van der Waals surface area contributed by atoms with E-state index >= 15 is 0 Å². The topological polar surface area (TPSA) is 165 Å². The summed E-state index contributed by atoms with van der Waals surface area (Å²) in [6.07, 6.45) is 2.86. The number of carbonyl (C=O) groups excluding carboxylic acids is 2. The zero-order valence-electron chi connectivity index (χ0n) is 15.3. The van der Waals surface area contributed by atoms with Crippen LogP contribution >= 0.6 is 11.6 Å². The summed E-state index contributed by atoms with van der Waals surface area (Å²) in [5, 5.41) is 6.23. The highest BCUT2D eigenvalue weighted by Gasteiger charge is 2.41. The molecule has 6 N–H and O–H groups in total. The van der Waals surface area contributed by atoms with E-state index in [9.17, 15) is 9.59 Å². The van der Waals surface area contributed by atoms with Gasteiger partial charge in [-0.1, -0.05) is 11.6 Å². The number of hydrogen-bond acceptors (Lipinski definition) is 7. The molecule has 1 spiro atoms. The summed E-state index contributed by atoms with van der Waals surface area (Å²) in [4.78, 5) is 38.2. The molecule has 4 rings (SSSR count). The van der Waals surface area contributed by atoms with E-state index in [1.165, 1.54) is 6.26 Å². The molecule has 29 heavy (non-hydrogen) atoms. The van der Waals surface area contributed by atoms with Crippen molar-refractivity contribution >= 4 is 41.0 Å². The van der Waals surface area contributed by atoms with Gasteiger partial charge < -0.3 is 31.4 Å². The monoisotopic (exact) mass is 418 g/mol. The number of aromatic nitrogens is 2. The lowest BCUT2D eigenvalue weighted by molar-refractivity contribution is 0.0637. The second-order valence-corrected chi connectivity index (χ2v) is 7.29. The van der Waals surface area contributed by atoms with Gasteiger partial charge >= 0.3 is 5.91 Å². The molecule has 2 saturated heterocycles. The van der Waals surface area contributed by atoms with Gasteiger partial charge in [-0.2, -0.15) is 4.99 Å². The van der Waals surface area contributed by atoms with Gasteiger partial charge in [0.25, 0.3) is 5.91 Å². The van der Waals surface area contributed by atoms with Crippen LogP contribution in [0.3, 0.4) is 0 Å². The number of guanidine groups is 1. The molecule has 12 heteroatoms. The summed E-state index contributed by atoms with van der Waals surface area (Å²) >= 11 is 5.81. The predicted molar refractivity (Wildman–Crippen MR) is 105 cm³/mol. The molecule has 2 aliphatic heterocycles. The Morgan fingerprint density at radius 3 is 2.69 bits per heavy atom. The van der Waals surface area contributed by atoms with E-state index in [1.807, 2.05) is 0 Å². The quantitative estimate of drug-likeness (QED) is 0.534. The molecule has 4 heterocycles. The Balaban J connectivity index is 1.41. The average Bonchev–Trinajstić information content (AvgIpc) is 3.36. The number of carbonyl (C=O) groups is 2. The fraction of sp³-hybridized carbons (Fsp3) is 0.353. The van der Waals surface area contributed by atoms with Crippen LogP contribution < -0.4 is 22.1 Å². The first-order valence-corrected chi connectivity index (χ1v) is 9.31. The average molecular weight is 419 g/mol. The maximum absolute atomic E-state index is 12.4. The second kappa shape index (κ2) is 7.24. The van der Waals surface area contributed by atoms with Gasteiger partial charge in [0.15, 0.2) is 34.2 Å². The molecule has 0 aliphatic carbocycles. The van der Waals surface area contributed by atoms with Crippen molar-refractivity contribution in [2.45, 2.75) is 18.4 Å². The molecule has 152 valence electrons. The zero-order valence-corrected chi connectivity index (χ0v) is 16.1. The summed E-state index contributed by atoms with van der Waals surface area (Å²) in [6, 6.07) is 3.34. The van der Waals surface area contributed by atoms with Crippen LogP contribution in [0.5, 0.6) is 0 Å². The molecule has 2 aliphatic rings. The predicted octanol–water partition coefficient (Wildman–Crippen LogP) is 0.251. The fourth-order valence-electron chi connectivity index (χ4n) is 3.41. The lowest BCUT2D eigenvalue weighted by atomic mass is 9.88. The number of anilines is 2. The molecule has 2 aromatic heterocycles. The third kappa shape index (κ3) is 3.68. The van der Waals surface area contributed by atoms with Crippen LogP contribution in [0.15, 0.2) is 27.8 Å². The summed E-state index contributed by atoms with van der Waals surface area (Å²) < 4.78 is 5.18. The first kappa shape index (κ1) is 19.0. The SMILES string of the molecule is Nc1nc(N)c(C(=O)/N=C2\NCC3(CCN(C(=O)c4ccco4)CC3)N2)nc1Cl. The van der Waals surface area contributed by atoms with Crippen molar-refractivity contribution in [2.24, 2.45) is 4.99 Å². The standard InChI is InChI=1S/C17H19ClN8O3/c18-11-13(20)23-12(19)10(22-11)14(27)24-16-21-8-17(25-16)3-5-26(6-4-17)15(28)9-2-1-7-29-9/h1-2,7H,3-6,8H2,(H4,19,20,23)(H2,21,24,25,27). The highest BCUT2D eigenvalue weighted by atomic mass is 35.5. The lowest BCUT2D eigenvalue weighted by Crippen LogP contribution is -2.53. The molecular formula is C17H19ClN8O3. The Hall–Kier alpha value is -3.34. The summed E-state index contributed by atoms with van der Waals surface area (Å²) in [5.74, 6) is -0.371. The van der Waals surface area contributed by atoms with Crippen molar-refractivity contribution in [2.75, 3.05) is 31.1 Å². The van der Waals surface area contributed by atoms with Gasteiger partial charge in [0, 0.05) is 19.6 Å². The minimum absolute atomic E-state index is 0.0553. The summed E-state index contributed by atoms with van der Waals surface area (Å²) in [7, 11) is 0. The van der Waals surface area contributed by atoms with Crippen LogP contribution in [0.2, 0.25) is 5.15 Å². The van der Waals surface area contributed by atoms with Crippen molar-refractivity contribution in [1.29, 1.82) is 0 Å². The highest BCUT2D eigenvalue weighted by molar-refractivity contribution is 6.31. The smallest absolute Gasteiger partial charge is 0.302 e. The fourth-order valence-corrected chi connectivity index (χ4v) is 3.54. The van der Waals surface area contributed by atoms with E-state index in [0.717, 1.165) is 0 Å². The van der Waals surface area contributed by atoms with Gasteiger partial charge in [-0.15, -0.1) is 0 Å². The van der Waals surface area contributed by atoms with Crippen LogP contribution in [-0.4, -0.2) is 57.8 Å². The number of rotatable bonds is 2. The van der Waals surface area contributed by atoms with Gasteiger partial charge in [0.1, 0.15) is 0 Å². The van der Waals surface area contributed by atoms with E-state index in [-0.39, 0.29) is 33.9 Å². The van der Waals surface area contributed by atoms with Crippen LogP contribution in [-0.2, 0) is 0 Å². The maximum Gasteiger partial charge on any atom is 0.302 e. The second-order valence-electron chi connectivity index (χ2n) is 6.93. The Kier molecular flexibility index (Phi) is 4.74. The van der Waals surface area contributed by atoms with E-state index in [2.05, 4.69) is 25.6 Å². The number of hydrogen-bond donors (Lipinski definition) is 4. The Morgan fingerprint density at radius 2 is 2.00 bits per heavy atom. The molecule has 0 unspecified atom stereocenters. The van der Waals surface area contributed by atoms with Gasteiger partial charge in [-0.3, -0.25) is 9.59 Å². The maximum atomic E-state index is 12.4. The third-order valence-corrected chi connectivity index (χ3v) is 5.32. The number of nitrogens with two attached hydrogens (primary N) is 2. The normalized spacial score (nSPS) is 19.2. The van der Waals surface area contributed by atoms with Gasteiger partial charge in [-0.25, -0.2) is 9.97 Å². The van der Waals surface area contributed by atoms with Crippen molar-refractivity contribution in [1.82, 2.24) is 25.5 Å². The number of aliphatic imine (C=N–C) groups is 1. The zero-order chi connectivity index (χ0) is 20.6. The van der Waals surface area contributed by atoms with Gasteiger partial charge in [0.2, 0.25) is 0 Å². The third-order valence-electron chi connectivity index (χ3n) is 5.04. The molecule has 0 radical (unpaired) electrons. The first-order valence-electron chi connectivity index (χ1n) is 8.93. The molecule has 2 amide bonds. The molecule has 0 aromatic carbocycles. The number of nitrogen functional groups attached to an aromatic ring is 2. The summed E-state index contributed by atoms with van der Waals surface area (Å²) in [6.45, 7) is 1.69.